The van der Waals surface area contributed by atoms with E-state index in [0.29, 0.717) is 0 Å². The zero-order valence-corrected chi connectivity index (χ0v) is 8.91. The van der Waals surface area contributed by atoms with Crippen LogP contribution in [-0.2, 0) is 15.0 Å². The van der Waals surface area contributed by atoms with Crippen LogP contribution in [-0.4, -0.2) is 22.2 Å². The first kappa shape index (κ1) is 13.1. The molecule has 0 aliphatic rings. The van der Waals surface area contributed by atoms with Crippen LogP contribution in [0.15, 0.2) is 18.2 Å². The smallest absolute Gasteiger partial charge is 0.314 e. The molecule has 4 nitrogen and oxygen atoms in total. The molecule has 1 rings (SSSR count). The van der Waals surface area contributed by atoms with Gasteiger partial charge in [-0.05, 0) is 13.0 Å². The molecule has 0 aromatic heterocycles. The van der Waals surface area contributed by atoms with E-state index in [9.17, 15) is 18.4 Å². The first-order valence-electron chi connectivity index (χ1n) is 4.68. The van der Waals surface area contributed by atoms with Crippen molar-refractivity contribution in [2.75, 3.05) is 0 Å². The molecule has 1 unspecified atom stereocenters. The summed E-state index contributed by atoms with van der Waals surface area (Å²) in [6.45, 7) is 1.04. The van der Waals surface area contributed by atoms with Crippen LogP contribution in [0.2, 0.25) is 0 Å². The Bertz CT molecular complexity index is 473. The molecule has 1 aromatic rings. The van der Waals surface area contributed by atoms with Crippen LogP contribution >= 0.6 is 0 Å². The van der Waals surface area contributed by atoms with Crippen LogP contribution in [0.3, 0.4) is 0 Å². The normalized spacial score (nSPS) is 14.1. The summed E-state index contributed by atoms with van der Waals surface area (Å²) in [5.41, 5.74) is -2.48. The van der Waals surface area contributed by atoms with E-state index in [1.807, 2.05) is 0 Å². The average Bonchev–Trinajstić information content (AvgIpc) is 2.20. The Morgan fingerprint density at radius 3 is 2.35 bits per heavy atom. The third-order valence-electron chi connectivity index (χ3n) is 2.52. The second-order valence-corrected chi connectivity index (χ2v) is 3.81. The van der Waals surface area contributed by atoms with E-state index in [-0.39, 0.29) is 0 Å². The van der Waals surface area contributed by atoms with Crippen LogP contribution in [0.5, 0.6) is 0 Å². The quantitative estimate of drug-likeness (QED) is 0.846. The summed E-state index contributed by atoms with van der Waals surface area (Å²) in [7, 11) is 0. The first-order chi connectivity index (χ1) is 7.79. The van der Waals surface area contributed by atoms with E-state index in [1.54, 1.807) is 0 Å². The Balaban J connectivity index is 3.37. The Hall–Kier alpha value is -1.98. The molecule has 1 atom stereocenters. The van der Waals surface area contributed by atoms with E-state index in [2.05, 4.69) is 0 Å². The van der Waals surface area contributed by atoms with Gasteiger partial charge in [0, 0.05) is 5.56 Å². The molecule has 1 aromatic carbocycles. The highest BCUT2D eigenvalue weighted by atomic mass is 19.2. The van der Waals surface area contributed by atoms with E-state index in [0.717, 1.165) is 25.1 Å². The molecule has 2 N–H and O–H groups in total. The summed E-state index contributed by atoms with van der Waals surface area (Å²) in [5, 5.41) is 17.6. The topological polar surface area (TPSA) is 74.6 Å². The maximum absolute atomic E-state index is 13.5. The predicted molar refractivity (Wildman–Crippen MR) is 53.6 cm³/mol. The SMILES string of the molecule is CC(CC(=O)O)(C(=O)O)c1cccc(F)c1F. The molecule has 17 heavy (non-hydrogen) atoms. The van der Waals surface area contributed by atoms with Crippen molar-refractivity contribution in [3.8, 4) is 0 Å². The van der Waals surface area contributed by atoms with Crippen LogP contribution in [0, 0.1) is 11.6 Å². The number of carbonyl (C=O) groups is 2. The van der Waals surface area contributed by atoms with E-state index < -0.39 is 41.0 Å². The van der Waals surface area contributed by atoms with Crippen molar-refractivity contribution in [2.45, 2.75) is 18.8 Å². The first-order valence-corrected chi connectivity index (χ1v) is 4.68. The zero-order chi connectivity index (χ0) is 13.2. The summed E-state index contributed by atoms with van der Waals surface area (Å²) in [5.74, 6) is -5.47. The molecule has 0 spiro atoms. The molecular weight excluding hydrogens is 234 g/mol. The minimum atomic E-state index is -2.00. The number of rotatable bonds is 4. The summed E-state index contributed by atoms with van der Waals surface area (Å²) >= 11 is 0. The monoisotopic (exact) mass is 244 g/mol. The maximum Gasteiger partial charge on any atom is 0.314 e. The Kier molecular flexibility index (Phi) is 3.45. The fraction of sp³-hybridized carbons (Fsp3) is 0.273. The fourth-order valence-electron chi connectivity index (χ4n) is 1.52. The minimum Gasteiger partial charge on any atom is -0.481 e. The highest BCUT2D eigenvalue weighted by Gasteiger charge is 2.40. The van der Waals surface area contributed by atoms with Gasteiger partial charge in [-0.3, -0.25) is 9.59 Å². The van der Waals surface area contributed by atoms with Gasteiger partial charge in [0.2, 0.25) is 0 Å². The molecule has 0 bridgehead atoms. The third kappa shape index (κ3) is 2.41. The summed E-state index contributed by atoms with van der Waals surface area (Å²) in [6.07, 6.45) is -0.831. The number of aliphatic carboxylic acids is 2. The second kappa shape index (κ2) is 4.48. The van der Waals surface area contributed by atoms with Gasteiger partial charge in [0.05, 0.1) is 6.42 Å². The lowest BCUT2D eigenvalue weighted by atomic mass is 9.79. The Labute approximate surface area is 95.5 Å². The van der Waals surface area contributed by atoms with Crippen molar-refractivity contribution < 1.29 is 28.6 Å². The van der Waals surface area contributed by atoms with Gasteiger partial charge in [0.15, 0.2) is 11.6 Å². The lowest BCUT2D eigenvalue weighted by Crippen LogP contribution is -2.36. The average molecular weight is 244 g/mol. The number of benzene rings is 1. The van der Waals surface area contributed by atoms with Gasteiger partial charge in [-0.15, -0.1) is 0 Å². The third-order valence-corrected chi connectivity index (χ3v) is 2.52. The van der Waals surface area contributed by atoms with E-state index in [4.69, 9.17) is 10.2 Å². The van der Waals surface area contributed by atoms with Crippen molar-refractivity contribution in [3.05, 3.63) is 35.4 Å². The molecule has 92 valence electrons. The predicted octanol–water partition coefficient (Wildman–Crippen LogP) is 1.78. The van der Waals surface area contributed by atoms with Gasteiger partial charge in [0.1, 0.15) is 5.41 Å². The lowest BCUT2D eigenvalue weighted by molar-refractivity contribution is -0.149. The number of hydrogen-bond donors (Lipinski definition) is 2. The zero-order valence-electron chi connectivity index (χ0n) is 8.91. The van der Waals surface area contributed by atoms with Crippen LogP contribution < -0.4 is 0 Å². The van der Waals surface area contributed by atoms with E-state index in [1.165, 1.54) is 0 Å². The molecule has 0 heterocycles. The molecular formula is C11H10F2O4. The lowest BCUT2D eigenvalue weighted by Gasteiger charge is -2.23. The number of hydrogen-bond acceptors (Lipinski definition) is 2. The standard InChI is InChI=1S/C11H10F2O4/c1-11(10(16)17,5-8(14)15)6-3-2-4-7(12)9(6)13/h2-4H,5H2,1H3,(H,14,15)(H,16,17). The summed E-state index contributed by atoms with van der Waals surface area (Å²) in [6, 6.07) is 3.04. The molecule has 0 aliphatic carbocycles. The van der Waals surface area contributed by atoms with Crippen molar-refractivity contribution in [1.29, 1.82) is 0 Å². The van der Waals surface area contributed by atoms with Crippen molar-refractivity contribution >= 4 is 11.9 Å². The molecule has 0 aliphatic heterocycles. The Morgan fingerprint density at radius 2 is 1.88 bits per heavy atom. The number of carboxylic acid groups (broad SMARTS) is 2. The van der Waals surface area contributed by atoms with Crippen LogP contribution in [0.25, 0.3) is 0 Å². The van der Waals surface area contributed by atoms with Gasteiger partial charge in [-0.25, -0.2) is 8.78 Å². The molecule has 0 fully saturated rings. The van der Waals surface area contributed by atoms with Crippen molar-refractivity contribution in [2.24, 2.45) is 0 Å². The van der Waals surface area contributed by atoms with Gasteiger partial charge >= 0.3 is 11.9 Å². The van der Waals surface area contributed by atoms with Gasteiger partial charge in [-0.2, -0.15) is 0 Å². The van der Waals surface area contributed by atoms with Crippen LogP contribution in [0.1, 0.15) is 18.9 Å². The van der Waals surface area contributed by atoms with E-state index >= 15 is 0 Å². The number of halogens is 2. The highest BCUT2D eigenvalue weighted by molar-refractivity contribution is 5.86. The Morgan fingerprint density at radius 1 is 1.29 bits per heavy atom. The maximum atomic E-state index is 13.5. The molecule has 6 heteroatoms. The summed E-state index contributed by atoms with van der Waals surface area (Å²) < 4.78 is 26.5. The van der Waals surface area contributed by atoms with Crippen LogP contribution in [0.4, 0.5) is 8.78 Å². The van der Waals surface area contributed by atoms with Gasteiger partial charge in [-0.1, -0.05) is 12.1 Å². The minimum absolute atomic E-state index is 0.479. The fourth-order valence-corrected chi connectivity index (χ4v) is 1.52. The second-order valence-electron chi connectivity index (χ2n) is 3.81. The summed E-state index contributed by atoms with van der Waals surface area (Å²) in [4.78, 5) is 21.7. The number of carboxylic acids is 2. The molecule has 0 saturated carbocycles. The van der Waals surface area contributed by atoms with Gasteiger partial charge in [0.25, 0.3) is 0 Å². The molecule has 0 amide bonds. The molecule has 0 saturated heterocycles. The largest absolute Gasteiger partial charge is 0.481 e. The molecule has 0 radical (unpaired) electrons. The van der Waals surface area contributed by atoms with Gasteiger partial charge < -0.3 is 10.2 Å². The highest BCUT2D eigenvalue weighted by Crippen LogP contribution is 2.31. The van der Waals surface area contributed by atoms with Crippen molar-refractivity contribution in [3.63, 3.8) is 0 Å². The van der Waals surface area contributed by atoms with Crippen molar-refractivity contribution in [1.82, 2.24) is 0 Å².